The Morgan fingerprint density at radius 1 is 1.07 bits per heavy atom. The zero-order valence-electron chi connectivity index (χ0n) is 16.6. The first-order valence-electron chi connectivity index (χ1n) is 9.06. The van der Waals surface area contributed by atoms with Gasteiger partial charge in [-0.15, -0.1) is 11.8 Å². The monoisotopic (exact) mass is 402 g/mol. The molecule has 28 heavy (non-hydrogen) atoms. The van der Waals surface area contributed by atoms with Crippen LogP contribution in [0.4, 0.5) is 5.69 Å². The van der Waals surface area contributed by atoms with E-state index in [4.69, 9.17) is 9.47 Å². The Bertz CT molecular complexity index is 826. The third kappa shape index (κ3) is 5.66. The maximum Gasteiger partial charge on any atom is 0.253 e. The maximum absolute atomic E-state index is 12.7. The van der Waals surface area contributed by atoms with Crippen LogP contribution in [0, 0.1) is 0 Å². The van der Waals surface area contributed by atoms with E-state index in [1.807, 2.05) is 26.0 Å². The summed E-state index contributed by atoms with van der Waals surface area (Å²) in [6, 6.07) is 12.5. The highest BCUT2D eigenvalue weighted by molar-refractivity contribution is 8.00. The van der Waals surface area contributed by atoms with Crippen molar-refractivity contribution in [2.45, 2.75) is 30.4 Å². The second-order valence-electron chi connectivity index (χ2n) is 6.07. The number of benzene rings is 2. The molecule has 0 aliphatic rings. The van der Waals surface area contributed by atoms with Crippen molar-refractivity contribution in [2.24, 2.45) is 0 Å². The number of rotatable bonds is 9. The first kappa shape index (κ1) is 21.6. The van der Waals surface area contributed by atoms with Gasteiger partial charge in [0.15, 0.2) is 11.5 Å². The minimum absolute atomic E-state index is 0.185. The van der Waals surface area contributed by atoms with Crippen LogP contribution in [0.5, 0.6) is 11.5 Å². The summed E-state index contributed by atoms with van der Waals surface area (Å²) < 4.78 is 10.5. The van der Waals surface area contributed by atoms with Crippen LogP contribution in [0.1, 0.15) is 30.6 Å². The number of para-hydroxylation sites is 1. The maximum atomic E-state index is 12.7. The lowest BCUT2D eigenvalue weighted by atomic mass is 10.1. The van der Waals surface area contributed by atoms with Gasteiger partial charge in [-0.2, -0.15) is 0 Å². The van der Waals surface area contributed by atoms with Crippen molar-refractivity contribution in [1.82, 2.24) is 5.32 Å². The summed E-state index contributed by atoms with van der Waals surface area (Å²) in [5.74, 6) is 0.863. The summed E-state index contributed by atoms with van der Waals surface area (Å²) in [6.45, 7) is 4.39. The quantitative estimate of drug-likeness (QED) is 0.621. The smallest absolute Gasteiger partial charge is 0.253 e. The van der Waals surface area contributed by atoms with Crippen LogP contribution in [-0.2, 0) is 4.79 Å². The minimum Gasteiger partial charge on any atom is -0.493 e. The Morgan fingerprint density at radius 2 is 1.79 bits per heavy atom. The molecule has 2 rings (SSSR count). The van der Waals surface area contributed by atoms with Crippen LogP contribution < -0.4 is 20.1 Å². The highest BCUT2D eigenvalue weighted by Gasteiger charge is 2.18. The number of anilines is 1. The molecular weight excluding hydrogens is 376 g/mol. The topological polar surface area (TPSA) is 76.7 Å². The fourth-order valence-electron chi connectivity index (χ4n) is 2.51. The van der Waals surface area contributed by atoms with Crippen LogP contribution in [0.15, 0.2) is 47.4 Å². The molecule has 2 aromatic carbocycles. The highest BCUT2D eigenvalue weighted by Crippen LogP contribution is 2.33. The summed E-state index contributed by atoms with van der Waals surface area (Å²) in [5, 5.41) is 5.33. The number of hydrogen-bond donors (Lipinski definition) is 2. The van der Waals surface area contributed by atoms with E-state index in [1.54, 1.807) is 44.6 Å². The molecule has 0 aliphatic heterocycles. The molecule has 0 bridgehead atoms. The van der Waals surface area contributed by atoms with E-state index in [2.05, 4.69) is 10.6 Å². The van der Waals surface area contributed by atoms with Gasteiger partial charge in [0.1, 0.15) is 0 Å². The number of ether oxygens (including phenoxy) is 2. The van der Waals surface area contributed by atoms with Gasteiger partial charge < -0.3 is 20.1 Å². The van der Waals surface area contributed by atoms with Crippen molar-refractivity contribution in [3.05, 3.63) is 48.0 Å². The largest absolute Gasteiger partial charge is 0.493 e. The zero-order chi connectivity index (χ0) is 20.5. The third-order valence-electron chi connectivity index (χ3n) is 4.00. The van der Waals surface area contributed by atoms with E-state index in [9.17, 15) is 9.59 Å². The molecule has 1 atom stereocenters. The van der Waals surface area contributed by atoms with Crippen LogP contribution in [-0.4, -0.2) is 37.8 Å². The number of amides is 2. The van der Waals surface area contributed by atoms with Crippen molar-refractivity contribution in [2.75, 3.05) is 26.1 Å². The van der Waals surface area contributed by atoms with Gasteiger partial charge in [-0.25, -0.2) is 0 Å². The predicted octanol–water partition coefficient (Wildman–Crippen LogP) is 3.96. The van der Waals surface area contributed by atoms with Crippen molar-refractivity contribution >= 4 is 29.3 Å². The summed E-state index contributed by atoms with van der Waals surface area (Å²) in [4.78, 5) is 25.9. The average molecular weight is 403 g/mol. The van der Waals surface area contributed by atoms with Gasteiger partial charge in [-0.3, -0.25) is 9.59 Å². The summed E-state index contributed by atoms with van der Waals surface area (Å²) in [7, 11) is 3.15. The Labute approximate surface area is 170 Å². The molecule has 0 radical (unpaired) electrons. The standard InChI is InChI=1S/C21H26N2O4S/c1-5-12-22-21(25)16-8-6-7-9-17(16)23-20(24)14(2)28-15-10-11-18(26-3)19(13-15)27-4/h6-11,13-14H,5,12H2,1-4H3,(H,22,25)(H,23,24)/t14-/m1/s1. The van der Waals surface area contributed by atoms with Crippen LogP contribution in [0.25, 0.3) is 0 Å². The van der Waals surface area contributed by atoms with E-state index in [-0.39, 0.29) is 17.1 Å². The van der Waals surface area contributed by atoms with E-state index < -0.39 is 0 Å². The van der Waals surface area contributed by atoms with Gasteiger partial charge >= 0.3 is 0 Å². The number of carbonyl (C=O) groups is 2. The van der Waals surface area contributed by atoms with Gasteiger partial charge in [-0.05, 0) is 43.7 Å². The number of methoxy groups -OCH3 is 2. The Morgan fingerprint density at radius 3 is 2.46 bits per heavy atom. The molecule has 0 fully saturated rings. The molecule has 150 valence electrons. The second-order valence-corrected chi connectivity index (χ2v) is 7.48. The lowest BCUT2D eigenvalue weighted by Gasteiger charge is -2.15. The number of thioether (sulfide) groups is 1. The average Bonchev–Trinajstić information content (AvgIpc) is 2.72. The van der Waals surface area contributed by atoms with Gasteiger partial charge in [-0.1, -0.05) is 19.1 Å². The molecule has 0 aromatic heterocycles. The SMILES string of the molecule is CCCNC(=O)c1ccccc1NC(=O)[C@@H](C)Sc1ccc(OC)c(OC)c1. The molecule has 0 aliphatic carbocycles. The molecule has 2 aromatic rings. The highest BCUT2D eigenvalue weighted by atomic mass is 32.2. The fourth-order valence-corrected chi connectivity index (χ4v) is 3.40. The normalized spacial score (nSPS) is 11.4. The number of nitrogens with one attached hydrogen (secondary N) is 2. The van der Waals surface area contributed by atoms with E-state index in [0.717, 1.165) is 11.3 Å². The van der Waals surface area contributed by atoms with Crippen molar-refractivity contribution in [3.63, 3.8) is 0 Å². The molecule has 6 nitrogen and oxygen atoms in total. The summed E-state index contributed by atoms with van der Waals surface area (Å²) in [5.41, 5.74) is 0.952. The minimum atomic E-state index is -0.370. The molecule has 2 N–H and O–H groups in total. The molecule has 2 amide bonds. The third-order valence-corrected chi connectivity index (χ3v) is 5.10. The molecule has 0 unspecified atom stereocenters. The Hall–Kier alpha value is -2.67. The van der Waals surface area contributed by atoms with E-state index in [0.29, 0.717) is 29.3 Å². The van der Waals surface area contributed by atoms with Crippen LogP contribution >= 0.6 is 11.8 Å². The van der Waals surface area contributed by atoms with Crippen LogP contribution in [0.3, 0.4) is 0 Å². The molecule has 0 spiro atoms. The summed E-state index contributed by atoms with van der Waals surface area (Å²) in [6.07, 6.45) is 0.846. The lowest BCUT2D eigenvalue weighted by Crippen LogP contribution is -2.27. The fraction of sp³-hybridized carbons (Fsp3) is 0.333. The molecule has 0 saturated heterocycles. The van der Waals surface area contributed by atoms with Crippen LogP contribution in [0.2, 0.25) is 0 Å². The van der Waals surface area contributed by atoms with Crippen molar-refractivity contribution < 1.29 is 19.1 Å². The van der Waals surface area contributed by atoms with E-state index >= 15 is 0 Å². The Balaban J connectivity index is 2.08. The first-order valence-corrected chi connectivity index (χ1v) is 9.94. The van der Waals surface area contributed by atoms with Gasteiger partial charge in [0.2, 0.25) is 5.91 Å². The first-order chi connectivity index (χ1) is 13.5. The molecule has 7 heteroatoms. The number of hydrogen-bond acceptors (Lipinski definition) is 5. The Kier molecular flexibility index (Phi) is 8.19. The van der Waals surface area contributed by atoms with Gasteiger partial charge in [0, 0.05) is 11.4 Å². The summed E-state index contributed by atoms with van der Waals surface area (Å²) >= 11 is 1.40. The van der Waals surface area contributed by atoms with Crippen molar-refractivity contribution in [3.8, 4) is 11.5 Å². The van der Waals surface area contributed by atoms with Crippen molar-refractivity contribution in [1.29, 1.82) is 0 Å². The molecule has 0 saturated carbocycles. The zero-order valence-corrected chi connectivity index (χ0v) is 17.4. The number of carbonyl (C=O) groups excluding carboxylic acids is 2. The van der Waals surface area contributed by atoms with Gasteiger partial charge in [0.05, 0.1) is 30.7 Å². The predicted molar refractivity (Wildman–Crippen MR) is 113 cm³/mol. The molecule has 0 heterocycles. The molecular formula is C21H26N2O4S. The van der Waals surface area contributed by atoms with E-state index in [1.165, 1.54) is 11.8 Å². The second kappa shape index (κ2) is 10.6. The van der Waals surface area contributed by atoms with Gasteiger partial charge in [0.25, 0.3) is 5.91 Å². The lowest BCUT2D eigenvalue weighted by molar-refractivity contribution is -0.115.